The summed E-state index contributed by atoms with van der Waals surface area (Å²) in [6, 6.07) is 4.77. The fraction of sp³-hybridized carbons (Fsp3) is 0. The summed E-state index contributed by atoms with van der Waals surface area (Å²) in [6.45, 7) is 0. The van der Waals surface area contributed by atoms with Crippen LogP contribution < -0.4 is 0 Å². The highest BCUT2D eigenvalue weighted by molar-refractivity contribution is 7.08. The zero-order chi connectivity index (χ0) is 11.7. The van der Waals surface area contributed by atoms with Gasteiger partial charge in [-0.15, -0.1) is 5.10 Å². The number of halogens is 2. The second kappa shape index (κ2) is 4.37. The first kappa shape index (κ1) is 11.3. The summed E-state index contributed by atoms with van der Waals surface area (Å²) < 4.78 is 3.60. The SMILES string of the molecule is O=C(O)c1snnc1-c1ccc(Cl)cc1Cl. The van der Waals surface area contributed by atoms with Gasteiger partial charge in [0.05, 0.1) is 5.02 Å². The Kier molecular flexibility index (Phi) is 3.09. The monoisotopic (exact) mass is 274 g/mol. The highest BCUT2D eigenvalue weighted by Gasteiger charge is 2.18. The van der Waals surface area contributed by atoms with Gasteiger partial charge < -0.3 is 5.11 Å². The maximum atomic E-state index is 10.9. The number of aromatic carboxylic acids is 1. The third kappa shape index (κ3) is 2.02. The second-order valence-corrected chi connectivity index (χ2v) is 4.48. The van der Waals surface area contributed by atoms with E-state index in [1.165, 1.54) is 6.07 Å². The van der Waals surface area contributed by atoms with Gasteiger partial charge in [-0.25, -0.2) is 4.79 Å². The van der Waals surface area contributed by atoms with Crippen LogP contribution in [0, 0.1) is 0 Å². The van der Waals surface area contributed by atoms with E-state index in [4.69, 9.17) is 28.3 Å². The normalized spacial score (nSPS) is 10.4. The number of rotatable bonds is 2. The molecule has 0 saturated carbocycles. The summed E-state index contributed by atoms with van der Waals surface area (Å²) in [5.41, 5.74) is 0.774. The van der Waals surface area contributed by atoms with Crippen molar-refractivity contribution in [2.45, 2.75) is 0 Å². The van der Waals surface area contributed by atoms with E-state index < -0.39 is 5.97 Å². The maximum Gasteiger partial charge on any atom is 0.349 e. The molecule has 4 nitrogen and oxygen atoms in total. The van der Waals surface area contributed by atoms with Crippen LogP contribution in [0.5, 0.6) is 0 Å². The average Bonchev–Trinajstić information content (AvgIpc) is 2.66. The summed E-state index contributed by atoms with van der Waals surface area (Å²) in [4.78, 5) is 11.0. The van der Waals surface area contributed by atoms with Gasteiger partial charge in [0.15, 0.2) is 4.88 Å². The van der Waals surface area contributed by atoms with Crippen LogP contribution in [0.4, 0.5) is 0 Å². The van der Waals surface area contributed by atoms with Gasteiger partial charge in [-0.1, -0.05) is 27.7 Å². The second-order valence-electron chi connectivity index (χ2n) is 2.88. The van der Waals surface area contributed by atoms with E-state index >= 15 is 0 Å². The summed E-state index contributed by atoms with van der Waals surface area (Å²) in [6.07, 6.45) is 0. The molecular formula is C9H4Cl2N2O2S. The van der Waals surface area contributed by atoms with Crippen LogP contribution in [0.1, 0.15) is 9.67 Å². The standard InChI is InChI=1S/C9H4Cl2N2O2S/c10-4-1-2-5(6(11)3-4)7-8(9(14)15)16-13-12-7/h1-3H,(H,14,15). The van der Waals surface area contributed by atoms with Gasteiger partial charge in [-0.2, -0.15) is 0 Å². The molecular weight excluding hydrogens is 271 g/mol. The maximum absolute atomic E-state index is 10.9. The van der Waals surface area contributed by atoms with E-state index in [1.807, 2.05) is 0 Å². The molecule has 0 saturated heterocycles. The fourth-order valence-corrected chi connectivity index (χ4v) is 2.21. The third-order valence-corrected chi connectivity index (χ3v) is 3.13. The molecule has 2 aromatic rings. The molecule has 0 atom stereocenters. The average molecular weight is 275 g/mol. The molecule has 0 fully saturated rings. The predicted octanol–water partition coefficient (Wildman–Crippen LogP) is 3.21. The quantitative estimate of drug-likeness (QED) is 0.914. The molecule has 0 amide bonds. The molecule has 0 spiro atoms. The Morgan fingerprint density at radius 2 is 2.12 bits per heavy atom. The number of nitrogens with zero attached hydrogens (tertiary/aromatic N) is 2. The van der Waals surface area contributed by atoms with Crippen LogP contribution in [0.3, 0.4) is 0 Å². The molecule has 1 heterocycles. The van der Waals surface area contributed by atoms with Crippen molar-refractivity contribution in [3.63, 3.8) is 0 Å². The van der Waals surface area contributed by atoms with E-state index in [9.17, 15) is 4.79 Å². The lowest BCUT2D eigenvalue weighted by Gasteiger charge is -2.01. The Morgan fingerprint density at radius 1 is 1.38 bits per heavy atom. The number of carbonyl (C=O) groups is 1. The van der Waals surface area contributed by atoms with Crippen molar-refractivity contribution in [3.8, 4) is 11.3 Å². The van der Waals surface area contributed by atoms with Crippen molar-refractivity contribution in [1.29, 1.82) is 0 Å². The Hall–Kier alpha value is -1.17. The number of hydrogen-bond acceptors (Lipinski definition) is 4. The lowest BCUT2D eigenvalue weighted by atomic mass is 10.1. The van der Waals surface area contributed by atoms with Gasteiger partial charge in [0.25, 0.3) is 0 Å². The molecule has 2 rings (SSSR count). The minimum Gasteiger partial charge on any atom is -0.477 e. The van der Waals surface area contributed by atoms with Gasteiger partial charge in [0.2, 0.25) is 0 Å². The molecule has 0 unspecified atom stereocenters. The first-order chi connectivity index (χ1) is 7.59. The van der Waals surface area contributed by atoms with E-state index in [0.29, 0.717) is 15.6 Å². The van der Waals surface area contributed by atoms with E-state index in [-0.39, 0.29) is 10.6 Å². The largest absolute Gasteiger partial charge is 0.477 e. The Morgan fingerprint density at radius 3 is 2.75 bits per heavy atom. The molecule has 1 aromatic carbocycles. The highest BCUT2D eigenvalue weighted by atomic mass is 35.5. The van der Waals surface area contributed by atoms with Crippen LogP contribution in [0.25, 0.3) is 11.3 Å². The first-order valence-electron chi connectivity index (χ1n) is 4.10. The smallest absolute Gasteiger partial charge is 0.349 e. The van der Waals surface area contributed by atoms with Crippen molar-refractivity contribution in [3.05, 3.63) is 33.1 Å². The van der Waals surface area contributed by atoms with Gasteiger partial charge >= 0.3 is 5.97 Å². The Bertz CT molecular complexity index is 556. The lowest BCUT2D eigenvalue weighted by molar-refractivity contribution is 0.0702. The van der Waals surface area contributed by atoms with Gasteiger partial charge in [0.1, 0.15) is 5.69 Å². The van der Waals surface area contributed by atoms with Crippen LogP contribution in [-0.2, 0) is 0 Å². The van der Waals surface area contributed by atoms with Crippen LogP contribution in [0.2, 0.25) is 10.0 Å². The zero-order valence-electron chi connectivity index (χ0n) is 7.65. The topological polar surface area (TPSA) is 63.1 Å². The number of carboxylic acid groups (broad SMARTS) is 1. The fourth-order valence-electron chi connectivity index (χ4n) is 1.19. The minimum absolute atomic E-state index is 0.0595. The molecule has 7 heteroatoms. The number of aromatic nitrogens is 2. The molecule has 0 aliphatic carbocycles. The first-order valence-corrected chi connectivity index (χ1v) is 5.63. The minimum atomic E-state index is -1.07. The number of hydrogen-bond donors (Lipinski definition) is 1. The predicted molar refractivity (Wildman–Crippen MR) is 62.3 cm³/mol. The van der Waals surface area contributed by atoms with Gasteiger partial charge in [-0.05, 0) is 29.7 Å². The van der Waals surface area contributed by atoms with Crippen molar-refractivity contribution in [2.24, 2.45) is 0 Å². The molecule has 0 aliphatic heterocycles. The van der Waals surface area contributed by atoms with E-state index in [0.717, 1.165) is 11.5 Å². The zero-order valence-corrected chi connectivity index (χ0v) is 9.97. The molecule has 82 valence electrons. The van der Waals surface area contributed by atoms with Crippen LogP contribution in [-0.4, -0.2) is 20.7 Å². The summed E-state index contributed by atoms with van der Waals surface area (Å²) >= 11 is 12.5. The number of carboxylic acids is 1. The van der Waals surface area contributed by atoms with Crippen molar-refractivity contribution in [2.75, 3.05) is 0 Å². The van der Waals surface area contributed by atoms with Crippen LogP contribution >= 0.6 is 34.7 Å². The Labute approximate surface area is 105 Å². The molecule has 0 aliphatic rings. The molecule has 1 aromatic heterocycles. The third-order valence-electron chi connectivity index (χ3n) is 1.87. The Balaban J connectivity index is 2.59. The van der Waals surface area contributed by atoms with E-state index in [1.54, 1.807) is 12.1 Å². The van der Waals surface area contributed by atoms with Gasteiger partial charge in [-0.3, -0.25) is 0 Å². The van der Waals surface area contributed by atoms with Crippen LogP contribution in [0.15, 0.2) is 18.2 Å². The van der Waals surface area contributed by atoms with Gasteiger partial charge in [0, 0.05) is 10.6 Å². The molecule has 0 radical (unpaired) electrons. The highest BCUT2D eigenvalue weighted by Crippen LogP contribution is 2.32. The molecule has 1 N–H and O–H groups in total. The van der Waals surface area contributed by atoms with Crippen molar-refractivity contribution >= 4 is 40.7 Å². The number of benzene rings is 1. The molecule has 0 bridgehead atoms. The van der Waals surface area contributed by atoms with E-state index in [2.05, 4.69) is 9.59 Å². The van der Waals surface area contributed by atoms with Crippen molar-refractivity contribution < 1.29 is 9.90 Å². The van der Waals surface area contributed by atoms with Crippen molar-refractivity contribution in [1.82, 2.24) is 9.59 Å². The summed E-state index contributed by atoms with van der Waals surface area (Å²) in [7, 11) is 0. The molecule has 16 heavy (non-hydrogen) atoms. The lowest BCUT2D eigenvalue weighted by Crippen LogP contribution is -1.95. The summed E-state index contributed by atoms with van der Waals surface area (Å²) in [5, 5.41) is 13.5. The summed E-state index contributed by atoms with van der Waals surface area (Å²) in [5.74, 6) is -1.07.